The van der Waals surface area contributed by atoms with Crippen molar-refractivity contribution in [3.8, 4) is 11.3 Å². The second-order valence-corrected chi connectivity index (χ2v) is 6.55. The number of benzene rings is 2. The second-order valence-electron chi connectivity index (χ2n) is 6.55. The Kier molecular flexibility index (Phi) is 4.84. The molecule has 1 saturated heterocycles. The van der Waals surface area contributed by atoms with Crippen molar-refractivity contribution in [2.75, 3.05) is 31.1 Å². The molecule has 1 fully saturated rings. The van der Waals surface area contributed by atoms with E-state index in [1.54, 1.807) is 12.1 Å². The van der Waals surface area contributed by atoms with E-state index in [1.807, 2.05) is 48.5 Å². The molecule has 0 spiro atoms. The van der Waals surface area contributed by atoms with Crippen molar-refractivity contribution >= 4 is 11.4 Å². The summed E-state index contributed by atoms with van der Waals surface area (Å²) in [7, 11) is 0. The lowest BCUT2D eigenvalue weighted by molar-refractivity contribution is -0.384. The smallest absolute Gasteiger partial charge is 0.292 e. The summed E-state index contributed by atoms with van der Waals surface area (Å²) in [5.41, 5.74) is 2.72. The molecule has 1 aromatic heterocycles. The van der Waals surface area contributed by atoms with Crippen LogP contribution >= 0.6 is 0 Å². The molecule has 27 heavy (non-hydrogen) atoms. The SMILES string of the molecule is O=[N+]([O-])c1ccccc1N1CCN(Cc2cc(-c3ccccc3)no2)CC1. The average Bonchev–Trinajstić information content (AvgIpc) is 3.18. The Balaban J connectivity index is 1.38. The molecule has 2 heterocycles. The third-order valence-corrected chi connectivity index (χ3v) is 4.80. The topological polar surface area (TPSA) is 75.7 Å². The van der Waals surface area contributed by atoms with Gasteiger partial charge in [0.05, 0.1) is 11.5 Å². The lowest BCUT2D eigenvalue weighted by Gasteiger charge is -2.35. The number of aromatic nitrogens is 1. The zero-order chi connectivity index (χ0) is 18.6. The summed E-state index contributed by atoms with van der Waals surface area (Å²) >= 11 is 0. The van der Waals surface area contributed by atoms with E-state index in [-0.39, 0.29) is 10.6 Å². The van der Waals surface area contributed by atoms with Crippen LogP contribution < -0.4 is 4.90 Å². The van der Waals surface area contributed by atoms with E-state index in [1.165, 1.54) is 0 Å². The Morgan fingerprint density at radius 2 is 1.70 bits per heavy atom. The summed E-state index contributed by atoms with van der Waals surface area (Å²) in [5.74, 6) is 0.827. The first-order chi connectivity index (χ1) is 13.2. The van der Waals surface area contributed by atoms with Gasteiger partial charge >= 0.3 is 0 Å². The Hall–Kier alpha value is -3.19. The van der Waals surface area contributed by atoms with Crippen molar-refractivity contribution < 1.29 is 9.45 Å². The molecule has 1 aliphatic rings. The van der Waals surface area contributed by atoms with Gasteiger partial charge < -0.3 is 9.42 Å². The van der Waals surface area contributed by atoms with Gasteiger partial charge in [-0.05, 0) is 6.07 Å². The summed E-state index contributed by atoms with van der Waals surface area (Å²) in [4.78, 5) is 15.3. The molecule has 0 unspecified atom stereocenters. The first-order valence-corrected chi connectivity index (χ1v) is 8.92. The summed E-state index contributed by atoms with van der Waals surface area (Å²) in [5, 5.41) is 15.4. The first kappa shape index (κ1) is 17.2. The molecule has 7 nitrogen and oxygen atoms in total. The second kappa shape index (κ2) is 7.59. The van der Waals surface area contributed by atoms with Crippen LogP contribution in [-0.2, 0) is 6.54 Å². The van der Waals surface area contributed by atoms with E-state index >= 15 is 0 Å². The lowest BCUT2D eigenvalue weighted by Crippen LogP contribution is -2.46. The highest BCUT2D eigenvalue weighted by Crippen LogP contribution is 2.28. The number of nitro benzene ring substituents is 1. The van der Waals surface area contributed by atoms with Crippen LogP contribution in [0.1, 0.15) is 5.76 Å². The van der Waals surface area contributed by atoms with Crippen LogP contribution in [0.3, 0.4) is 0 Å². The maximum absolute atomic E-state index is 11.2. The number of anilines is 1. The lowest BCUT2D eigenvalue weighted by atomic mass is 10.1. The normalized spacial score (nSPS) is 15.0. The third kappa shape index (κ3) is 3.83. The molecule has 1 aliphatic heterocycles. The minimum atomic E-state index is -0.318. The van der Waals surface area contributed by atoms with E-state index in [4.69, 9.17) is 4.52 Å². The predicted molar refractivity (Wildman–Crippen MR) is 103 cm³/mol. The fourth-order valence-electron chi connectivity index (χ4n) is 3.39. The van der Waals surface area contributed by atoms with Crippen molar-refractivity contribution in [1.82, 2.24) is 10.1 Å². The average molecular weight is 364 g/mol. The molecule has 0 atom stereocenters. The molecule has 0 saturated carbocycles. The summed E-state index contributed by atoms with van der Waals surface area (Å²) in [6.45, 7) is 3.79. The van der Waals surface area contributed by atoms with Gasteiger partial charge in [-0.2, -0.15) is 0 Å². The number of nitrogens with zero attached hydrogens (tertiary/aromatic N) is 4. The van der Waals surface area contributed by atoms with Crippen molar-refractivity contribution in [3.63, 3.8) is 0 Å². The fourth-order valence-corrected chi connectivity index (χ4v) is 3.39. The largest absolute Gasteiger partial charge is 0.363 e. The molecule has 4 rings (SSSR count). The maximum Gasteiger partial charge on any atom is 0.292 e. The predicted octanol–water partition coefficient (Wildman–Crippen LogP) is 3.57. The van der Waals surface area contributed by atoms with Gasteiger partial charge in [-0.3, -0.25) is 15.0 Å². The van der Waals surface area contributed by atoms with Gasteiger partial charge in [0.1, 0.15) is 11.4 Å². The van der Waals surface area contributed by atoms with Crippen molar-refractivity contribution in [3.05, 3.63) is 76.5 Å². The van der Waals surface area contributed by atoms with Crippen molar-refractivity contribution in [1.29, 1.82) is 0 Å². The molecular weight excluding hydrogens is 344 g/mol. The van der Waals surface area contributed by atoms with Crippen LogP contribution in [0.4, 0.5) is 11.4 Å². The standard InChI is InChI=1S/C20H20N4O3/c25-24(26)20-9-5-4-8-19(20)23-12-10-22(11-13-23)15-17-14-18(21-27-17)16-6-2-1-3-7-16/h1-9,14H,10-13,15H2. The molecule has 0 radical (unpaired) electrons. The highest BCUT2D eigenvalue weighted by atomic mass is 16.6. The van der Waals surface area contributed by atoms with Crippen LogP contribution in [0.2, 0.25) is 0 Å². The van der Waals surface area contributed by atoms with Gasteiger partial charge in [0.15, 0.2) is 5.76 Å². The van der Waals surface area contributed by atoms with Gasteiger partial charge in [-0.25, -0.2) is 0 Å². The highest BCUT2D eigenvalue weighted by Gasteiger charge is 2.23. The number of piperazine rings is 1. The first-order valence-electron chi connectivity index (χ1n) is 8.92. The molecule has 0 N–H and O–H groups in total. The number of hydrogen-bond donors (Lipinski definition) is 0. The van der Waals surface area contributed by atoms with E-state index in [0.29, 0.717) is 12.2 Å². The van der Waals surface area contributed by atoms with E-state index in [9.17, 15) is 10.1 Å². The van der Waals surface area contributed by atoms with Crippen molar-refractivity contribution in [2.45, 2.75) is 6.54 Å². The van der Waals surface area contributed by atoms with Crippen LogP contribution in [0.15, 0.2) is 65.2 Å². The Morgan fingerprint density at radius 3 is 2.44 bits per heavy atom. The molecule has 0 amide bonds. The van der Waals surface area contributed by atoms with E-state index in [2.05, 4.69) is 15.0 Å². The summed E-state index contributed by atoms with van der Waals surface area (Å²) in [6, 6.07) is 18.8. The number of hydrogen-bond acceptors (Lipinski definition) is 6. The zero-order valence-electron chi connectivity index (χ0n) is 14.8. The van der Waals surface area contributed by atoms with Gasteiger partial charge in [-0.15, -0.1) is 0 Å². The Morgan fingerprint density at radius 1 is 1.00 bits per heavy atom. The van der Waals surface area contributed by atoms with Crippen LogP contribution in [0.25, 0.3) is 11.3 Å². The maximum atomic E-state index is 11.2. The van der Waals surface area contributed by atoms with Gasteiger partial charge in [-0.1, -0.05) is 47.6 Å². The molecule has 0 bridgehead atoms. The Bertz CT molecular complexity index is 918. The molecule has 138 valence electrons. The molecule has 2 aromatic carbocycles. The fraction of sp³-hybridized carbons (Fsp3) is 0.250. The van der Waals surface area contributed by atoms with E-state index in [0.717, 1.165) is 43.2 Å². The van der Waals surface area contributed by atoms with Crippen LogP contribution in [0.5, 0.6) is 0 Å². The van der Waals surface area contributed by atoms with Gasteiger partial charge in [0.25, 0.3) is 5.69 Å². The van der Waals surface area contributed by atoms with Crippen LogP contribution in [0, 0.1) is 10.1 Å². The third-order valence-electron chi connectivity index (χ3n) is 4.80. The summed E-state index contributed by atoms with van der Waals surface area (Å²) < 4.78 is 5.49. The minimum Gasteiger partial charge on any atom is -0.363 e. The summed E-state index contributed by atoms with van der Waals surface area (Å²) in [6.07, 6.45) is 0. The van der Waals surface area contributed by atoms with E-state index < -0.39 is 0 Å². The molecule has 0 aliphatic carbocycles. The molecule has 7 heteroatoms. The van der Waals surface area contributed by atoms with Gasteiger partial charge in [0, 0.05) is 43.9 Å². The van der Waals surface area contributed by atoms with Gasteiger partial charge in [0.2, 0.25) is 0 Å². The minimum absolute atomic E-state index is 0.161. The zero-order valence-corrected chi connectivity index (χ0v) is 14.8. The quantitative estimate of drug-likeness (QED) is 0.509. The number of para-hydroxylation sites is 2. The Labute approximate surface area is 157 Å². The van der Waals surface area contributed by atoms with Crippen LogP contribution in [-0.4, -0.2) is 41.2 Å². The highest BCUT2D eigenvalue weighted by molar-refractivity contribution is 5.63. The molecule has 3 aromatic rings. The van der Waals surface area contributed by atoms with Crippen molar-refractivity contribution in [2.24, 2.45) is 0 Å². The number of rotatable bonds is 5. The monoisotopic (exact) mass is 364 g/mol. The molecular formula is C20H20N4O3. The number of nitro groups is 1.